The minimum atomic E-state index is -0.516. The van der Waals surface area contributed by atoms with Gasteiger partial charge in [-0.3, -0.25) is 9.59 Å². The number of fused-ring (bicyclic) bond motifs is 4. The summed E-state index contributed by atoms with van der Waals surface area (Å²) in [4.78, 5) is 25.1. The van der Waals surface area contributed by atoms with Gasteiger partial charge in [0.15, 0.2) is 5.78 Å². The number of halogens is 2. The second-order valence-electron chi connectivity index (χ2n) is 12.7. The molecule has 0 aromatic heterocycles. The summed E-state index contributed by atoms with van der Waals surface area (Å²) >= 11 is 0. The predicted octanol–water partition coefficient (Wildman–Crippen LogP) is 9.08. The Kier molecular flexibility index (Phi) is 10.3. The van der Waals surface area contributed by atoms with Crippen molar-refractivity contribution in [3.05, 3.63) is 57.7 Å². The third-order valence-electron chi connectivity index (χ3n) is 10.1. The van der Waals surface area contributed by atoms with E-state index in [9.17, 15) is 18.4 Å². The van der Waals surface area contributed by atoms with Crippen molar-refractivity contribution in [3.63, 3.8) is 0 Å². The molecule has 41 heavy (non-hydrogen) atoms. The van der Waals surface area contributed by atoms with Crippen LogP contribution >= 0.6 is 0 Å². The fourth-order valence-electron chi connectivity index (χ4n) is 8.06. The standard InChI is InChI=1S/C33H42F2O3.C3H4/c1-4-5-6-7-8-9-31(37)38-30-15-14-27-25-12-10-21-16-23(36)11-13-24(21)32(25)26(19-33(27,30)3)22-17-28(34)20(2)29(35)18-22;1-3-2/h16-18,25-27,30H,4-15,19H2,1-3H3;1H,2H3. The Morgan fingerprint density at radius 1 is 1.07 bits per heavy atom. The van der Waals surface area contributed by atoms with E-state index < -0.39 is 11.6 Å². The molecule has 3 nitrogen and oxygen atoms in total. The summed E-state index contributed by atoms with van der Waals surface area (Å²) in [6.45, 7) is 7.55. The molecule has 0 amide bonds. The van der Waals surface area contributed by atoms with Gasteiger partial charge >= 0.3 is 5.97 Å². The lowest BCUT2D eigenvalue weighted by Crippen LogP contribution is -2.46. The van der Waals surface area contributed by atoms with Crippen LogP contribution in [0.2, 0.25) is 0 Å². The quantitative estimate of drug-likeness (QED) is 0.180. The zero-order chi connectivity index (χ0) is 29.7. The van der Waals surface area contributed by atoms with Crippen LogP contribution in [0, 0.1) is 48.2 Å². The third-order valence-corrected chi connectivity index (χ3v) is 10.1. The second-order valence-corrected chi connectivity index (χ2v) is 12.7. The summed E-state index contributed by atoms with van der Waals surface area (Å²) in [6, 6.07) is 3.02. The summed E-state index contributed by atoms with van der Waals surface area (Å²) in [6.07, 6.45) is 17.7. The molecule has 5 atom stereocenters. The largest absolute Gasteiger partial charge is 0.462 e. The average Bonchev–Trinajstić information content (AvgIpc) is 3.26. The van der Waals surface area contributed by atoms with Crippen LogP contribution in [0.15, 0.2) is 34.9 Å². The Balaban J connectivity index is 0.00000124. The first-order valence-corrected chi connectivity index (χ1v) is 15.6. The van der Waals surface area contributed by atoms with Crippen LogP contribution in [0.3, 0.4) is 0 Å². The molecule has 0 bridgehead atoms. The molecule has 0 N–H and O–H groups in total. The first-order chi connectivity index (χ1) is 19.6. The van der Waals surface area contributed by atoms with Crippen molar-refractivity contribution >= 4 is 11.8 Å². The van der Waals surface area contributed by atoms with E-state index in [-0.39, 0.29) is 40.7 Å². The van der Waals surface area contributed by atoms with Crippen molar-refractivity contribution < 1.29 is 23.1 Å². The van der Waals surface area contributed by atoms with Crippen molar-refractivity contribution in [1.82, 2.24) is 0 Å². The minimum Gasteiger partial charge on any atom is -0.462 e. The smallest absolute Gasteiger partial charge is 0.306 e. The fourth-order valence-corrected chi connectivity index (χ4v) is 8.06. The van der Waals surface area contributed by atoms with Gasteiger partial charge in [0.1, 0.15) is 17.7 Å². The van der Waals surface area contributed by atoms with E-state index in [1.165, 1.54) is 43.0 Å². The Morgan fingerprint density at radius 3 is 2.44 bits per heavy atom. The van der Waals surface area contributed by atoms with Crippen molar-refractivity contribution in [1.29, 1.82) is 0 Å². The van der Waals surface area contributed by atoms with Gasteiger partial charge in [-0.05, 0) is 106 Å². The molecule has 5 unspecified atom stereocenters. The SMILES string of the molecule is C#CC.CCCCCCCC(=O)OC1CCC2C3CCC4=CC(=O)CCC4=C3C(c3cc(F)c(C)c(F)c3)CC12C. The highest BCUT2D eigenvalue weighted by atomic mass is 19.1. The molecule has 5 rings (SSSR count). The van der Waals surface area contributed by atoms with Crippen LogP contribution in [0.5, 0.6) is 0 Å². The van der Waals surface area contributed by atoms with Gasteiger partial charge in [-0.1, -0.05) is 45.1 Å². The predicted molar refractivity (Wildman–Crippen MR) is 159 cm³/mol. The molecule has 2 saturated carbocycles. The molecular formula is C36H46F2O3. The molecule has 0 radical (unpaired) electrons. The summed E-state index contributed by atoms with van der Waals surface area (Å²) < 4.78 is 35.8. The van der Waals surface area contributed by atoms with Gasteiger partial charge in [0.05, 0.1) is 0 Å². The van der Waals surface area contributed by atoms with Gasteiger partial charge in [-0.2, -0.15) is 0 Å². The van der Waals surface area contributed by atoms with Crippen molar-refractivity contribution in [3.8, 4) is 12.3 Å². The molecule has 5 heteroatoms. The maximum absolute atomic E-state index is 14.8. The fraction of sp³-hybridized carbons (Fsp3) is 0.611. The van der Waals surface area contributed by atoms with E-state index in [1.807, 2.05) is 6.08 Å². The lowest BCUT2D eigenvalue weighted by atomic mass is 9.53. The normalized spacial score (nSPS) is 28.4. The van der Waals surface area contributed by atoms with Crippen LogP contribution in [0.1, 0.15) is 121 Å². The molecule has 1 aromatic rings. The van der Waals surface area contributed by atoms with Gasteiger partial charge in [-0.15, -0.1) is 12.3 Å². The van der Waals surface area contributed by atoms with Crippen molar-refractivity contribution in [2.24, 2.45) is 17.3 Å². The number of carbonyl (C=O) groups excluding carboxylic acids is 2. The Morgan fingerprint density at radius 2 is 1.76 bits per heavy atom. The third kappa shape index (κ3) is 6.52. The van der Waals surface area contributed by atoms with E-state index in [1.54, 1.807) is 6.92 Å². The van der Waals surface area contributed by atoms with Crippen molar-refractivity contribution in [2.45, 2.75) is 123 Å². The molecule has 0 saturated heterocycles. The van der Waals surface area contributed by atoms with Gasteiger partial charge < -0.3 is 4.74 Å². The number of benzene rings is 1. The number of terminal acetylenes is 1. The molecule has 2 fully saturated rings. The first-order valence-electron chi connectivity index (χ1n) is 15.6. The van der Waals surface area contributed by atoms with Gasteiger partial charge in [0, 0.05) is 29.7 Å². The lowest BCUT2D eigenvalue weighted by molar-refractivity contribution is -0.157. The van der Waals surface area contributed by atoms with E-state index >= 15 is 0 Å². The summed E-state index contributed by atoms with van der Waals surface area (Å²) in [7, 11) is 0. The number of hydrogen-bond acceptors (Lipinski definition) is 3. The zero-order valence-corrected chi connectivity index (χ0v) is 25.3. The molecule has 0 heterocycles. The Bertz CT molecular complexity index is 1230. The second kappa shape index (κ2) is 13.5. The van der Waals surface area contributed by atoms with Crippen LogP contribution in [-0.4, -0.2) is 17.9 Å². The lowest BCUT2D eigenvalue weighted by Gasteiger charge is -2.52. The maximum Gasteiger partial charge on any atom is 0.306 e. The van der Waals surface area contributed by atoms with E-state index in [4.69, 9.17) is 4.74 Å². The molecular weight excluding hydrogens is 518 g/mol. The van der Waals surface area contributed by atoms with Crippen LogP contribution < -0.4 is 0 Å². The number of allylic oxidation sites excluding steroid dienone is 4. The number of rotatable bonds is 8. The van der Waals surface area contributed by atoms with E-state index in [0.717, 1.165) is 50.5 Å². The summed E-state index contributed by atoms with van der Waals surface area (Å²) in [5, 5.41) is 0. The number of unbranched alkanes of at least 4 members (excludes halogenated alkanes) is 4. The zero-order valence-electron chi connectivity index (χ0n) is 25.3. The van der Waals surface area contributed by atoms with Crippen molar-refractivity contribution in [2.75, 3.05) is 0 Å². The summed E-state index contributed by atoms with van der Waals surface area (Å²) in [5.41, 5.74) is 4.13. The summed E-state index contributed by atoms with van der Waals surface area (Å²) in [5.74, 6) is 1.78. The molecule has 1 aromatic carbocycles. The first kappa shape index (κ1) is 31.2. The average molecular weight is 565 g/mol. The molecule has 222 valence electrons. The highest BCUT2D eigenvalue weighted by Crippen LogP contribution is 2.64. The molecule has 4 aliphatic rings. The van der Waals surface area contributed by atoms with Gasteiger partial charge in [-0.25, -0.2) is 8.78 Å². The van der Waals surface area contributed by atoms with Gasteiger partial charge in [0.2, 0.25) is 0 Å². The minimum absolute atomic E-state index is 0.0435. The molecule has 0 spiro atoms. The highest BCUT2D eigenvalue weighted by molar-refractivity contribution is 5.93. The molecule has 0 aliphatic heterocycles. The van der Waals surface area contributed by atoms with Gasteiger partial charge in [0.25, 0.3) is 0 Å². The number of ketones is 1. The van der Waals surface area contributed by atoms with Crippen LogP contribution in [0.4, 0.5) is 8.78 Å². The number of carbonyl (C=O) groups is 2. The van der Waals surface area contributed by atoms with E-state index in [0.29, 0.717) is 37.2 Å². The van der Waals surface area contributed by atoms with Crippen LogP contribution in [0.25, 0.3) is 0 Å². The maximum atomic E-state index is 14.8. The number of esters is 1. The van der Waals surface area contributed by atoms with E-state index in [2.05, 4.69) is 26.2 Å². The number of hydrogen-bond donors (Lipinski definition) is 0. The molecule has 4 aliphatic carbocycles. The Hall–Kier alpha value is -2.74. The monoisotopic (exact) mass is 564 g/mol. The highest BCUT2D eigenvalue weighted by Gasteiger charge is 2.58. The topological polar surface area (TPSA) is 43.4 Å². The Labute approximate surface area is 245 Å². The number of ether oxygens (including phenoxy) is 1. The van der Waals surface area contributed by atoms with Crippen LogP contribution in [-0.2, 0) is 14.3 Å².